The van der Waals surface area contributed by atoms with Crippen molar-refractivity contribution in [2.24, 2.45) is 0 Å². The van der Waals surface area contributed by atoms with Gasteiger partial charge in [-0.2, -0.15) is 0 Å². The highest BCUT2D eigenvalue weighted by molar-refractivity contribution is 5.91. The monoisotopic (exact) mass is 703 g/mol. The number of aliphatic carboxylic acids is 1. The summed E-state index contributed by atoms with van der Waals surface area (Å²) in [5.74, 6) is -3.83. The normalized spacial score (nSPS) is 15.0. The molecule has 0 aliphatic carbocycles. The average molecular weight is 704 g/mol. The molecule has 0 aromatic heterocycles. The first-order chi connectivity index (χ1) is 22.2. The number of aliphatic hydroxyl groups is 1. The van der Waals surface area contributed by atoms with Gasteiger partial charge in [0.25, 0.3) is 0 Å². The Kier molecular flexibility index (Phi) is 19.6. The predicted molar refractivity (Wildman–Crippen MR) is 184 cm³/mol. The summed E-state index contributed by atoms with van der Waals surface area (Å²) in [4.78, 5) is 62.7. The number of esters is 2. The number of ether oxygens (including phenoxy) is 4. The molecule has 0 spiro atoms. The van der Waals surface area contributed by atoms with Gasteiger partial charge in [-0.05, 0) is 122 Å². The molecular formula is C35H65N3O11. The summed E-state index contributed by atoms with van der Waals surface area (Å²) in [5.41, 5.74) is -2.51. The second kappa shape index (κ2) is 20.8. The third kappa shape index (κ3) is 25.8. The Morgan fingerprint density at radius 2 is 1.24 bits per heavy atom. The number of carboxylic acid groups (broad SMARTS) is 1. The van der Waals surface area contributed by atoms with Crippen LogP contribution in [0.3, 0.4) is 0 Å². The highest BCUT2D eigenvalue weighted by atomic mass is 16.6. The number of carbonyl (C=O) groups is 5. The molecule has 2 amide bonds. The van der Waals surface area contributed by atoms with Gasteiger partial charge in [0.15, 0.2) is 6.29 Å². The Morgan fingerprint density at radius 3 is 1.76 bits per heavy atom. The minimum Gasteiger partial charge on any atom is -0.481 e. The van der Waals surface area contributed by atoms with Gasteiger partial charge >= 0.3 is 17.9 Å². The van der Waals surface area contributed by atoms with E-state index in [-0.39, 0.29) is 31.3 Å². The lowest BCUT2D eigenvalue weighted by Crippen LogP contribution is -2.53. The van der Waals surface area contributed by atoms with Crippen LogP contribution in [-0.2, 0) is 42.9 Å². The number of hydrogen-bond donors (Lipinski definition) is 5. The molecule has 0 aliphatic heterocycles. The van der Waals surface area contributed by atoms with E-state index in [0.29, 0.717) is 32.4 Å². The molecule has 0 aromatic rings. The first-order valence-electron chi connectivity index (χ1n) is 17.2. The van der Waals surface area contributed by atoms with Crippen LogP contribution in [-0.4, -0.2) is 99.9 Å². The Balaban J connectivity index is 5.81. The van der Waals surface area contributed by atoms with Crippen molar-refractivity contribution in [2.45, 2.75) is 181 Å². The molecule has 0 heterocycles. The molecule has 4 unspecified atom stereocenters. The minimum atomic E-state index is -1.22. The molecule has 0 aliphatic rings. The van der Waals surface area contributed by atoms with Crippen LogP contribution in [0.1, 0.15) is 134 Å². The van der Waals surface area contributed by atoms with E-state index < -0.39 is 77.4 Å². The highest BCUT2D eigenvalue weighted by Crippen LogP contribution is 2.17. The van der Waals surface area contributed by atoms with Crippen molar-refractivity contribution >= 4 is 29.7 Å². The summed E-state index contributed by atoms with van der Waals surface area (Å²) in [7, 11) is 0. The largest absolute Gasteiger partial charge is 0.481 e. The lowest BCUT2D eigenvalue weighted by molar-refractivity contribution is -0.181. The third-order valence-corrected chi connectivity index (χ3v) is 6.37. The van der Waals surface area contributed by atoms with Gasteiger partial charge in [-0.1, -0.05) is 0 Å². The molecule has 0 radical (unpaired) electrons. The molecule has 0 bridgehead atoms. The van der Waals surface area contributed by atoms with E-state index in [1.807, 2.05) is 41.5 Å². The smallest absolute Gasteiger partial charge is 0.329 e. The van der Waals surface area contributed by atoms with Crippen LogP contribution in [0.25, 0.3) is 0 Å². The number of aliphatic hydroxyl groups excluding tert-OH is 1. The van der Waals surface area contributed by atoms with Crippen molar-refractivity contribution in [3.8, 4) is 0 Å². The number of carboxylic acids is 1. The summed E-state index contributed by atoms with van der Waals surface area (Å²) < 4.78 is 22.4. The van der Waals surface area contributed by atoms with Crippen LogP contribution in [0.15, 0.2) is 0 Å². The van der Waals surface area contributed by atoms with Crippen LogP contribution in [0.2, 0.25) is 0 Å². The fraction of sp³-hybridized carbons (Fsp3) is 0.857. The molecule has 14 heteroatoms. The van der Waals surface area contributed by atoms with Gasteiger partial charge in [0.05, 0.1) is 23.7 Å². The molecular weight excluding hydrogens is 638 g/mol. The van der Waals surface area contributed by atoms with Crippen LogP contribution < -0.4 is 16.0 Å². The first kappa shape index (κ1) is 46.2. The lowest BCUT2D eigenvalue weighted by atomic mass is 10.1. The predicted octanol–water partition coefficient (Wildman–Crippen LogP) is 3.75. The van der Waals surface area contributed by atoms with Crippen molar-refractivity contribution in [2.75, 3.05) is 13.2 Å². The fourth-order valence-electron chi connectivity index (χ4n) is 4.37. The number of hydrogen-bond acceptors (Lipinski definition) is 11. The molecule has 5 N–H and O–H groups in total. The molecule has 0 rings (SSSR count). The van der Waals surface area contributed by atoms with Gasteiger partial charge < -0.3 is 45.1 Å². The molecule has 14 nitrogen and oxygen atoms in total. The van der Waals surface area contributed by atoms with Gasteiger partial charge in [0.1, 0.15) is 23.3 Å². The maximum Gasteiger partial charge on any atom is 0.329 e. The summed E-state index contributed by atoms with van der Waals surface area (Å²) in [6.45, 7) is 22.4. The minimum absolute atomic E-state index is 0.108. The Hall–Kier alpha value is -2.81. The zero-order valence-corrected chi connectivity index (χ0v) is 31.9. The maximum atomic E-state index is 13.6. The fourth-order valence-corrected chi connectivity index (χ4v) is 4.37. The van der Waals surface area contributed by atoms with Crippen molar-refractivity contribution in [1.29, 1.82) is 0 Å². The van der Waals surface area contributed by atoms with Crippen LogP contribution >= 0.6 is 0 Å². The number of amides is 2. The molecule has 4 atom stereocenters. The van der Waals surface area contributed by atoms with Gasteiger partial charge in [0.2, 0.25) is 11.8 Å². The molecule has 0 saturated carbocycles. The molecule has 286 valence electrons. The topological polar surface area (TPSA) is 199 Å². The van der Waals surface area contributed by atoms with Crippen LogP contribution in [0.4, 0.5) is 0 Å². The Morgan fingerprint density at radius 1 is 0.653 bits per heavy atom. The Bertz CT molecular complexity index is 1050. The van der Waals surface area contributed by atoms with E-state index in [2.05, 4.69) is 16.0 Å². The number of rotatable bonds is 21. The van der Waals surface area contributed by atoms with Crippen LogP contribution in [0.5, 0.6) is 0 Å². The van der Waals surface area contributed by atoms with Gasteiger partial charge in [0, 0.05) is 19.4 Å². The number of nitrogens with one attached hydrogen (secondary N) is 3. The van der Waals surface area contributed by atoms with E-state index in [0.717, 1.165) is 0 Å². The molecule has 0 saturated heterocycles. The summed E-state index contributed by atoms with van der Waals surface area (Å²) >= 11 is 0. The highest BCUT2D eigenvalue weighted by Gasteiger charge is 2.31. The molecule has 49 heavy (non-hydrogen) atoms. The average Bonchev–Trinajstić information content (AvgIpc) is 2.88. The van der Waals surface area contributed by atoms with Gasteiger partial charge in [-0.3, -0.25) is 19.2 Å². The van der Waals surface area contributed by atoms with Crippen molar-refractivity contribution in [1.82, 2.24) is 16.0 Å². The second-order valence-corrected chi connectivity index (χ2v) is 16.2. The zero-order valence-electron chi connectivity index (χ0n) is 31.9. The summed E-state index contributed by atoms with van der Waals surface area (Å²) in [6, 6.07) is -2.81. The molecule has 0 aromatic carbocycles. The van der Waals surface area contributed by atoms with Gasteiger partial charge in [-0.15, -0.1) is 0 Å². The zero-order chi connectivity index (χ0) is 38.2. The van der Waals surface area contributed by atoms with Gasteiger partial charge in [-0.25, -0.2) is 4.79 Å². The van der Waals surface area contributed by atoms with Crippen LogP contribution in [0, 0.1) is 0 Å². The lowest BCUT2D eigenvalue weighted by Gasteiger charge is -2.31. The van der Waals surface area contributed by atoms with Crippen molar-refractivity contribution in [3.63, 3.8) is 0 Å². The van der Waals surface area contributed by atoms with E-state index in [4.69, 9.17) is 24.1 Å². The van der Waals surface area contributed by atoms with Crippen molar-refractivity contribution < 1.29 is 53.1 Å². The van der Waals surface area contributed by atoms with E-state index in [9.17, 15) is 29.1 Å². The standard InChI is InChI=1S/C35H65N3O11/c1-32(2,3)46-22-14-16-24(30(44)48-34(7,8)9)36-21-13-15-23(37-26(39)18-19-27(40)41)29(43)38-25(31(45)49-35(10,11)12)17-20-28(42)47-33(4,5)6/h23-25,30,36,44H,13-22H2,1-12H3,(H,37,39)(H,38,43)(H,40,41). The third-order valence-electron chi connectivity index (χ3n) is 6.37. The van der Waals surface area contributed by atoms with E-state index in [1.165, 1.54) is 0 Å². The first-order valence-corrected chi connectivity index (χ1v) is 17.2. The summed E-state index contributed by atoms with van der Waals surface area (Å²) in [5, 5.41) is 28.3. The van der Waals surface area contributed by atoms with E-state index >= 15 is 0 Å². The van der Waals surface area contributed by atoms with E-state index in [1.54, 1.807) is 41.5 Å². The maximum absolute atomic E-state index is 13.6. The molecule has 0 fully saturated rings. The summed E-state index contributed by atoms with van der Waals surface area (Å²) in [6.07, 6.45) is -0.526. The van der Waals surface area contributed by atoms with Crippen molar-refractivity contribution in [3.05, 3.63) is 0 Å². The Labute approximate surface area is 293 Å². The SMILES string of the molecule is CC(C)(C)OCCCC(NCCCC(NC(=O)CCC(=O)O)C(=O)NC(CCC(=O)OC(C)(C)C)C(=O)OC(C)(C)C)C(O)OC(C)(C)C. The number of carbonyl (C=O) groups excluding carboxylic acids is 4. The second-order valence-electron chi connectivity index (χ2n) is 16.2. The quantitative estimate of drug-likeness (QED) is 0.0660.